The van der Waals surface area contributed by atoms with Crippen molar-refractivity contribution in [3.8, 4) is 0 Å². The van der Waals surface area contributed by atoms with Crippen molar-refractivity contribution in [1.29, 1.82) is 0 Å². The largest absolute Gasteiger partial charge is 0.454 e. The van der Waals surface area contributed by atoms with Crippen LogP contribution in [0, 0.1) is 5.41 Å². The van der Waals surface area contributed by atoms with Gasteiger partial charge in [0, 0.05) is 25.1 Å². The zero-order valence-corrected chi connectivity index (χ0v) is 17.7. The van der Waals surface area contributed by atoms with Crippen LogP contribution in [0.5, 0.6) is 0 Å². The van der Waals surface area contributed by atoms with Gasteiger partial charge in [0.1, 0.15) is 5.76 Å². The zero-order chi connectivity index (χ0) is 17.9. The molecular weight excluding hydrogens is 447 g/mol. The van der Waals surface area contributed by atoms with Gasteiger partial charge in [-0.25, -0.2) is 0 Å². The van der Waals surface area contributed by atoms with E-state index in [4.69, 9.17) is 14.9 Å². The lowest BCUT2D eigenvalue weighted by atomic mass is 9.60. The van der Waals surface area contributed by atoms with Crippen LogP contribution in [0.1, 0.15) is 55.3 Å². The number of nitrogens with two attached hydrogens (primary N) is 1. The third-order valence-corrected chi connectivity index (χ3v) is 5.56. The Labute approximate surface area is 171 Å². The maximum absolute atomic E-state index is 11.1. The fourth-order valence-electron chi connectivity index (χ4n) is 4.22. The molecule has 1 heterocycles. The van der Waals surface area contributed by atoms with E-state index in [-0.39, 0.29) is 35.2 Å². The number of hydrogen-bond donors (Lipinski definition) is 3. The lowest BCUT2D eigenvalue weighted by Gasteiger charge is -2.54. The highest BCUT2D eigenvalue weighted by Gasteiger charge is 2.56. The summed E-state index contributed by atoms with van der Waals surface area (Å²) in [6, 6.07) is 3.71. The average molecular weight is 476 g/mol. The third-order valence-electron chi connectivity index (χ3n) is 5.56. The van der Waals surface area contributed by atoms with Gasteiger partial charge in [-0.3, -0.25) is 9.79 Å². The summed E-state index contributed by atoms with van der Waals surface area (Å²) in [5.41, 5.74) is 5.45. The van der Waals surface area contributed by atoms with E-state index in [1.54, 1.807) is 19.2 Å². The van der Waals surface area contributed by atoms with Crippen LogP contribution in [0.25, 0.3) is 0 Å². The first-order valence-electron chi connectivity index (χ1n) is 9.06. The van der Waals surface area contributed by atoms with Gasteiger partial charge in [-0.1, -0.05) is 12.8 Å². The number of aliphatic imine (C=N–C) groups is 1. The Balaban J connectivity index is 0.00000243. The number of primary amides is 1. The molecule has 2 atom stereocenters. The maximum atomic E-state index is 11.1. The van der Waals surface area contributed by atoms with Crippen LogP contribution in [0.3, 0.4) is 0 Å². The van der Waals surface area contributed by atoms with Gasteiger partial charge in [0.25, 0.3) is 5.91 Å². The predicted molar refractivity (Wildman–Crippen MR) is 111 cm³/mol. The van der Waals surface area contributed by atoms with Crippen molar-refractivity contribution in [3.63, 3.8) is 0 Å². The van der Waals surface area contributed by atoms with Gasteiger partial charge in [0.15, 0.2) is 11.7 Å². The van der Waals surface area contributed by atoms with Crippen molar-refractivity contribution >= 4 is 35.8 Å². The molecule has 26 heavy (non-hydrogen) atoms. The highest BCUT2D eigenvalue weighted by molar-refractivity contribution is 14.0. The van der Waals surface area contributed by atoms with E-state index in [1.807, 2.05) is 0 Å². The van der Waals surface area contributed by atoms with Crippen LogP contribution in [0.15, 0.2) is 21.5 Å². The number of nitrogens with one attached hydrogen (secondary N) is 2. The van der Waals surface area contributed by atoms with E-state index in [0.29, 0.717) is 24.5 Å². The molecule has 3 rings (SSSR count). The highest BCUT2D eigenvalue weighted by Crippen LogP contribution is 2.54. The lowest BCUT2D eigenvalue weighted by Crippen LogP contribution is -2.65. The Morgan fingerprint density at radius 3 is 2.73 bits per heavy atom. The first-order valence-corrected chi connectivity index (χ1v) is 9.06. The number of furan rings is 1. The zero-order valence-electron chi connectivity index (χ0n) is 15.4. The van der Waals surface area contributed by atoms with Gasteiger partial charge in [0.2, 0.25) is 0 Å². The molecule has 146 valence electrons. The summed E-state index contributed by atoms with van der Waals surface area (Å²) < 4.78 is 11.3. The van der Waals surface area contributed by atoms with E-state index >= 15 is 0 Å². The number of ether oxygens (including phenoxy) is 1. The smallest absolute Gasteiger partial charge is 0.284 e. The van der Waals surface area contributed by atoms with Crippen LogP contribution >= 0.6 is 24.0 Å². The van der Waals surface area contributed by atoms with Gasteiger partial charge in [-0.05, 0) is 38.3 Å². The predicted octanol–water partition coefficient (Wildman–Crippen LogP) is 2.40. The van der Waals surface area contributed by atoms with Gasteiger partial charge in [-0.2, -0.15) is 0 Å². The maximum Gasteiger partial charge on any atom is 0.284 e. The van der Waals surface area contributed by atoms with Crippen LogP contribution in [-0.4, -0.2) is 37.7 Å². The molecule has 2 unspecified atom stereocenters. The first-order chi connectivity index (χ1) is 12.1. The molecule has 0 aliphatic heterocycles. The van der Waals surface area contributed by atoms with Crippen LogP contribution in [0.4, 0.5) is 0 Å². The number of guanidine groups is 1. The molecule has 0 saturated heterocycles. The number of carbonyl (C=O) groups excluding carboxylic acids is 1. The summed E-state index contributed by atoms with van der Waals surface area (Å²) in [6.07, 6.45) is 6.35. The van der Waals surface area contributed by atoms with E-state index < -0.39 is 5.91 Å². The topological polar surface area (TPSA) is 102 Å². The van der Waals surface area contributed by atoms with Crippen molar-refractivity contribution in [1.82, 2.24) is 10.6 Å². The molecule has 8 heteroatoms. The second kappa shape index (κ2) is 9.07. The standard InChI is InChI=1S/C18H28N4O3.HI/c1-3-24-15-10-14(18(15)8-4-5-9-18)22-17(20-2)21-11-12-6-7-13(25-12)16(19)23;/h6-7,14-15H,3-5,8-11H2,1-2H3,(H2,19,23)(H2,20,21,22);1H. The van der Waals surface area contributed by atoms with Crippen molar-refractivity contribution in [2.45, 2.75) is 57.7 Å². The van der Waals surface area contributed by atoms with E-state index in [0.717, 1.165) is 19.0 Å². The summed E-state index contributed by atoms with van der Waals surface area (Å²) in [6.45, 7) is 3.28. The van der Waals surface area contributed by atoms with Gasteiger partial charge in [-0.15, -0.1) is 24.0 Å². The SMILES string of the molecule is CCOC1CC(NC(=NC)NCc2ccc(C(N)=O)o2)C12CCCC2.I. The monoisotopic (exact) mass is 476 g/mol. The number of rotatable bonds is 6. The van der Waals surface area contributed by atoms with Crippen molar-refractivity contribution in [3.05, 3.63) is 23.7 Å². The summed E-state index contributed by atoms with van der Waals surface area (Å²) in [5, 5.41) is 6.79. The van der Waals surface area contributed by atoms with Gasteiger partial charge in [0.05, 0.1) is 12.6 Å². The molecule has 2 aliphatic rings. The molecule has 2 fully saturated rings. The second-order valence-electron chi connectivity index (χ2n) is 6.87. The minimum Gasteiger partial charge on any atom is -0.454 e. The number of carbonyl (C=O) groups is 1. The molecule has 1 spiro atoms. The van der Waals surface area contributed by atoms with Crippen molar-refractivity contribution in [2.24, 2.45) is 16.1 Å². The minimum atomic E-state index is -0.562. The van der Waals surface area contributed by atoms with Crippen LogP contribution in [-0.2, 0) is 11.3 Å². The Kier molecular flexibility index (Phi) is 7.33. The van der Waals surface area contributed by atoms with Crippen LogP contribution < -0.4 is 16.4 Å². The molecule has 7 nitrogen and oxygen atoms in total. The fourth-order valence-corrected chi connectivity index (χ4v) is 4.22. The highest BCUT2D eigenvalue weighted by atomic mass is 127. The molecule has 1 aromatic heterocycles. The third kappa shape index (κ3) is 4.16. The summed E-state index contributed by atoms with van der Waals surface area (Å²) in [5.74, 6) is 0.993. The molecule has 1 aromatic rings. The van der Waals surface area contributed by atoms with Crippen LogP contribution in [0.2, 0.25) is 0 Å². The number of halogens is 1. The normalized spacial score (nSPS) is 24.0. The van der Waals surface area contributed by atoms with Crippen molar-refractivity contribution in [2.75, 3.05) is 13.7 Å². The second-order valence-corrected chi connectivity index (χ2v) is 6.87. The van der Waals surface area contributed by atoms with E-state index in [2.05, 4.69) is 22.5 Å². The number of amides is 1. The molecule has 1 amide bonds. The van der Waals surface area contributed by atoms with E-state index in [1.165, 1.54) is 25.7 Å². The summed E-state index contributed by atoms with van der Waals surface area (Å²) in [4.78, 5) is 15.4. The molecular formula is C18H29IN4O3. The van der Waals surface area contributed by atoms with Gasteiger partial charge >= 0.3 is 0 Å². The van der Waals surface area contributed by atoms with E-state index in [9.17, 15) is 4.79 Å². The molecule has 4 N–H and O–H groups in total. The lowest BCUT2D eigenvalue weighted by molar-refractivity contribution is -0.125. The Morgan fingerprint density at radius 1 is 1.42 bits per heavy atom. The Hall–Kier alpha value is -1.29. The molecule has 0 radical (unpaired) electrons. The molecule has 0 bridgehead atoms. The summed E-state index contributed by atoms with van der Waals surface area (Å²) in [7, 11) is 1.76. The molecule has 0 aromatic carbocycles. The molecule has 2 saturated carbocycles. The number of nitrogens with zero attached hydrogens (tertiary/aromatic N) is 1. The first kappa shape index (κ1) is 21.0. The van der Waals surface area contributed by atoms with Crippen molar-refractivity contribution < 1.29 is 13.9 Å². The average Bonchev–Trinajstić information content (AvgIpc) is 3.27. The fraction of sp³-hybridized carbons (Fsp3) is 0.667. The Morgan fingerprint density at radius 2 is 2.15 bits per heavy atom. The molecule has 2 aliphatic carbocycles. The quantitative estimate of drug-likeness (QED) is 0.333. The Bertz CT molecular complexity index is 640. The summed E-state index contributed by atoms with van der Waals surface area (Å²) >= 11 is 0. The van der Waals surface area contributed by atoms with Gasteiger partial charge < -0.3 is 25.5 Å². The number of hydrogen-bond acceptors (Lipinski definition) is 4. The minimum absolute atomic E-state index is 0.